The average molecular weight is 387 g/mol. The Morgan fingerprint density at radius 2 is 2.07 bits per heavy atom. The molecule has 0 bridgehead atoms. The molecule has 1 atom stereocenters. The van der Waals surface area contributed by atoms with Crippen molar-refractivity contribution >= 4 is 10.0 Å². The number of benzene rings is 1. The number of hydrogen-bond acceptors (Lipinski definition) is 6. The monoisotopic (exact) mass is 387 g/mol. The number of hydrogen-bond donors (Lipinski definition) is 0. The zero-order valence-electron chi connectivity index (χ0n) is 15.2. The summed E-state index contributed by atoms with van der Waals surface area (Å²) in [6, 6.07) is 12.5. The summed E-state index contributed by atoms with van der Waals surface area (Å²) in [4.78, 5) is 3.87. The molecule has 0 aliphatic carbocycles. The molecule has 1 aliphatic rings. The molecule has 1 fully saturated rings. The first-order valence-electron chi connectivity index (χ1n) is 8.51. The van der Waals surface area contributed by atoms with Crippen molar-refractivity contribution in [2.24, 2.45) is 0 Å². The number of rotatable bonds is 5. The lowest BCUT2D eigenvalue weighted by atomic mass is 10.1. The fraction of sp³-hybridized carbons (Fsp3) is 0.368. The summed E-state index contributed by atoms with van der Waals surface area (Å²) < 4.78 is 39.2. The van der Waals surface area contributed by atoms with Crippen LogP contribution < -0.4 is 4.74 Å². The van der Waals surface area contributed by atoms with Crippen LogP contribution >= 0.6 is 0 Å². The van der Waals surface area contributed by atoms with Gasteiger partial charge in [0.25, 0.3) is 0 Å². The lowest BCUT2D eigenvalue weighted by Gasteiger charge is -2.41. The van der Waals surface area contributed by atoms with Crippen molar-refractivity contribution in [1.29, 1.82) is 5.26 Å². The standard InChI is InChI=1S/C19H21N3O4S/c1-19(2)14-22(27(23,24)18-8-15(9-20)10-21-11-18)12-17(26-19)13-25-16-6-4-3-5-7-16/h3-8,10-11,17H,12-14H2,1-2H3. The van der Waals surface area contributed by atoms with E-state index in [1.807, 2.05) is 50.2 Å². The average Bonchev–Trinajstić information content (AvgIpc) is 2.66. The van der Waals surface area contributed by atoms with Gasteiger partial charge in [0.2, 0.25) is 10.0 Å². The van der Waals surface area contributed by atoms with Crippen molar-refractivity contribution in [1.82, 2.24) is 9.29 Å². The minimum absolute atomic E-state index is 0.00183. The SMILES string of the molecule is CC1(C)CN(S(=O)(=O)c2cncc(C#N)c2)CC(COc2ccccc2)O1. The van der Waals surface area contributed by atoms with Crippen molar-refractivity contribution in [3.63, 3.8) is 0 Å². The Bertz CT molecular complexity index is 939. The number of para-hydroxylation sites is 1. The molecule has 1 aliphatic heterocycles. The van der Waals surface area contributed by atoms with Crippen LogP contribution in [0.15, 0.2) is 53.7 Å². The summed E-state index contributed by atoms with van der Waals surface area (Å²) in [5.41, 5.74) is -0.469. The van der Waals surface area contributed by atoms with Gasteiger partial charge in [-0.15, -0.1) is 0 Å². The first-order chi connectivity index (χ1) is 12.8. The molecule has 0 amide bonds. The quantitative estimate of drug-likeness (QED) is 0.781. The van der Waals surface area contributed by atoms with Gasteiger partial charge in [-0.05, 0) is 32.0 Å². The van der Waals surface area contributed by atoms with E-state index in [4.69, 9.17) is 14.7 Å². The van der Waals surface area contributed by atoms with Crippen LogP contribution in [-0.2, 0) is 14.8 Å². The summed E-state index contributed by atoms with van der Waals surface area (Å²) in [7, 11) is -3.80. The maximum absolute atomic E-state index is 13.0. The van der Waals surface area contributed by atoms with Crippen LogP contribution in [0.2, 0.25) is 0 Å². The Labute approximate surface area is 159 Å². The van der Waals surface area contributed by atoms with Crippen LogP contribution in [0.25, 0.3) is 0 Å². The molecular formula is C19H21N3O4S. The minimum atomic E-state index is -3.80. The second kappa shape index (κ2) is 7.64. The predicted molar refractivity (Wildman–Crippen MR) is 98.6 cm³/mol. The zero-order valence-corrected chi connectivity index (χ0v) is 16.0. The molecule has 0 spiro atoms. The molecule has 7 nitrogen and oxygen atoms in total. The third kappa shape index (κ3) is 4.63. The molecule has 3 rings (SSSR count). The van der Waals surface area contributed by atoms with E-state index < -0.39 is 21.7 Å². The molecule has 0 N–H and O–H groups in total. The summed E-state index contributed by atoms with van der Waals surface area (Å²) >= 11 is 0. The summed E-state index contributed by atoms with van der Waals surface area (Å²) in [5, 5.41) is 9.01. The van der Waals surface area contributed by atoms with Gasteiger partial charge < -0.3 is 9.47 Å². The van der Waals surface area contributed by atoms with Crippen LogP contribution in [0.1, 0.15) is 19.4 Å². The minimum Gasteiger partial charge on any atom is -0.491 e. The molecule has 142 valence electrons. The van der Waals surface area contributed by atoms with Crippen molar-refractivity contribution in [3.8, 4) is 11.8 Å². The van der Waals surface area contributed by atoms with Crippen molar-refractivity contribution in [2.75, 3.05) is 19.7 Å². The van der Waals surface area contributed by atoms with E-state index in [0.29, 0.717) is 5.75 Å². The van der Waals surface area contributed by atoms with E-state index in [1.54, 1.807) is 0 Å². The highest BCUT2D eigenvalue weighted by atomic mass is 32.2. The van der Waals surface area contributed by atoms with Crippen molar-refractivity contribution < 1.29 is 17.9 Å². The molecule has 8 heteroatoms. The van der Waals surface area contributed by atoms with Crippen LogP contribution in [0.5, 0.6) is 5.75 Å². The van der Waals surface area contributed by atoms with Crippen LogP contribution in [0.3, 0.4) is 0 Å². The van der Waals surface area contributed by atoms with Gasteiger partial charge in [0.05, 0.1) is 11.2 Å². The maximum Gasteiger partial charge on any atom is 0.244 e. The highest BCUT2D eigenvalue weighted by Gasteiger charge is 2.40. The van der Waals surface area contributed by atoms with Crippen LogP contribution in [0, 0.1) is 11.3 Å². The zero-order chi connectivity index (χ0) is 19.5. The van der Waals surface area contributed by atoms with Gasteiger partial charge in [0, 0.05) is 25.5 Å². The third-order valence-corrected chi connectivity index (χ3v) is 5.89. The topological polar surface area (TPSA) is 92.5 Å². The van der Waals surface area contributed by atoms with Crippen molar-refractivity contribution in [2.45, 2.75) is 30.4 Å². The Kier molecular flexibility index (Phi) is 5.46. The molecule has 0 saturated carbocycles. The molecule has 2 heterocycles. The molecule has 1 aromatic carbocycles. The Morgan fingerprint density at radius 3 is 2.78 bits per heavy atom. The molecular weight excluding hydrogens is 366 g/mol. The van der Waals surface area contributed by atoms with E-state index in [9.17, 15) is 8.42 Å². The summed E-state index contributed by atoms with van der Waals surface area (Å²) in [6.07, 6.45) is 2.17. The number of aromatic nitrogens is 1. The Morgan fingerprint density at radius 1 is 1.33 bits per heavy atom. The van der Waals surface area contributed by atoms with E-state index in [2.05, 4.69) is 4.98 Å². The lowest BCUT2D eigenvalue weighted by molar-refractivity contribution is -0.128. The van der Waals surface area contributed by atoms with E-state index in [0.717, 1.165) is 0 Å². The lowest BCUT2D eigenvalue weighted by Crippen LogP contribution is -2.55. The van der Waals surface area contributed by atoms with E-state index in [1.165, 1.54) is 22.8 Å². The predicted octanol–water partition coefficient (Wildman–Crippen LogP) is 2.20. The molecule has 27 heavy (non-hydrogen) atoms. The first kappa shape index (κ1) is 19.3. The largest absolute Gasteiger partial charge is 0.491 e. The van der Waals surface area contributed by atoms with Gasteiger partial charge in [-0.1, -0.05) is 18.2 Å². The number of morpholine rings is 1. The highest BCUT2D eigenvalue weighted by molar-refractivity contribution is 7.89. The number of nitrogens with zero attached hydrogens (tertiary/aromatic N) is 3. The molecule has 1 unspecified atom stereocenters. The van der Waals surface area contributed by atoms with Crippen LogP contribution in [0.4, 0.5) is 0 Å². The summed E-state index contributed by atoms with van der Waals surface area (Å²) in [5.74, 6) is 0.699. The van der Waals surface area contributed by atoms with E-state index in [-0.39, 0.29) is 30.2 Å². The van der Waals surface area contributed by atoms with Crippen molar-refractivity contribution in [3.05, 3.63) is 54.4 Å². The number of nitriles is 1. The highest BCUT2D eigenvalue weighted by Crippen LogP contribution is 2.27. The second-order valence-corrected chi connectivity index (χ2v) is 8.88. The second-order valence-electron chi connectivity index (χ2n) is 6.94. The van der Waals surface area contributed by atoms with Crippen LogP contribution in [-0.4, -0.2) is 49.1 Å². The normalized spacial score (nSPS) is 20.0. The molecule has 1 aromatic heterocycles. The van der Waals surface area contributed by atoms with Gasteiger partial charge in [0.1, 0.15) is 29.4 Å². The van der Waals surface area contributed by atoms with Gasteiger partial charge in [-0.3, -0.25) is 4.98 Å². The van der Waals surface area contributed by atoms with Gasteiger partial charge in [-0.2, -0.15) is 9.57 Å². The fourth-order valence-electron chi connectivity index (χ4n) is 2.99. The smallest absolute Gasteiger partial charge is 0.244 e. The Balaban J connectivity index is 1.79. The van der Waals surface area contributed by atoms with Gasteiger partial charge in [-0.25, -0.2) is 8.42 Å². The Hall–Kier alpha value is -2.47. The molecule has 0 radical (unpaired) electrons. The number of ether oxygens (including phenoxy) is 2. The van der Waals surface area contributed by atoms with Gasteiger partial charge in [0.15, 0.2) is 0 Å². The van der Waals surface area contributed by atoms with E-state index >= 15 is 0 Å². The fourth-order valence-corrected chi connectivity index (χ4v) is 4.60. The van der Waals surface area contributed by atoms with Gasteiger partial charge >= 0.3 is 0 Å². The first-order valence-corrected chi connectivity index (χ1v) is 9.95. The summed E-state index contributed by atoms with van der Waals surface area (Å²) in [6.45, 7) is 4.28. The third-order valence-electron chi connectivity index (χ3n) is 4.11. The number of sulfonamides is 1. The molecule has 2 aromatic rings. The molecule has 1 saturated heterocycles. The maximum atomic E-state index is 13.0. The number of pyridine rings is 1.